The number of nitrogens with zero attached hydrogens (tertiary/aromatic N) is 2. The minimum Gasteiger partial charge on any atom is -0.379 e. The van der Waals surface area contributed by atoms with Crippen LogP contribution >= 0.6 is 11.6 Å². The van der Waals surface area contributed by atoms with Crippen molar-refractivity contribution >= 4 is 17.3 Å². The Bertz CT molecular complexity index is 543. The second kappa shape index (κ2) is 6.11. The topological polar surface area (TPSA) is 29.9 Å². The number of rotatable bonds is 5. The SMILES string of the molecule is CCc1nn(CC)c(CNc2ccc(C)cc2)c1Cl. The molecular formula is C15H20ClN3. The second-order valence-corrected chi connectivity index (χ2v) is 4.97. The molecule has 1 aromatic carbocycles. The van der Waals surface area contributed by atoms with E-state index in [1.165, 1.54) is 5.56 Å². The van der Waals surface area contributed by atoms with Crippen LogP contribution in [0, 0.1) is 6.92 Å². The van der Waals surface area contributed by atoms with Crippen LogP contribution in [0.3, 0.4) is 0 Å². The molecule has 3 nitrogen and oxygen atoms in total. The van der Waals surface area contributed by atoms with Gasteiger partial charge < -0.3 is 5.32 Å². The Labute approximate surface area is 119 Å². The van der Waals surface area contributed by atoms with Crippen LogP contribution in [0.15, 0.2) is 24.3 Å². The Kier molecular flexibility index (Phi) is 4.48. The van der Waals surface area contributed by atoms with Crippen molar-refractivity contribution in [2.24, 2.45) is 0 Å². The van der Waals surface area contributed by atoms with Crippen LogP contribution in [0.4, 0.5) is 5.69 Å². The molecule has 102 valence electrons. The second-order valence-electron chi connectivity index (χ2n) is 4.60. The smallest absolute Gasteiger partial charge is 0.0868 e. The lowest BCUT2D eigenvalue weighted by Crippen LogP contribution is -2.08. The zero-order valence-electron chi connectivity index (χ0n) is 11.7. The first-order valence-electron chi connectivity index (χ1n) is 6.70. The van der Waals surface area contributed by atoms with Gasteiger partial charge in [-0.3, -0.25) is 4.68 Å². The highest BCUT2D eigenvalue weighted by Crippen LogP contribution is 2.22. The molecule has 0 aliphatic heterocycles. The molecular weight excluding hydrogens is 258 g/mol. The maximum atomic E-state index is 6.38. The van der Waals surface area contributed by atoms with Crippen LogP contribution in [-0.2, 0) is 19.5 Å². The van der Waals surface area contributed by atoms with E-state index in [0.717, 1.165) is 35.1 Å². The number of anilines is 1. The lowest BCUT2D eigenvalue weighted by atomic mass is 10.2. The van der Waals surface area contributed by atoms with E-state index in [4.69, 9.17) is 11.6 Å². The fourth-order valence-electron chi connectivity index (χ4n) is 2.04. The average molecular weight is 278 g/mol. The Hall–Kier alpha value is -1.48. The molecule has 0 saturated heterocycles. The van der Waals surface area contributed by atoms with Crippen molar-refractivity contribution in [1.29, 1.82) is 0 Å². The molecule has 1 N–H and O–H groups in total. The molecule has 0 unspecified atom stereocenters. The predicted molar refractivity (Wildman–Crippen MR) is 80.8 cm³/mol. The van der Waals surface area contributed by atoms with Crippen LogP contribution in [0.1, 0.15) is 30.8 Å². The van der Waals surface area contributed by atoms with Gasteiger partial charge in [-0.15, -0.1) is 0 Å². The highest BCUT2D eigenvalue weighted by atomic mass is 35.5. The minimum atomic E-state index is 0.697. The van der Waals surface area contributed by atoms with Crippen molar-refractivity contribution in [2.45, 2.75) is 40.3 Å². The number of halogens is 1. The summed E-state index contributed by atoms with van der Waals surface area (Å²) < 4.78 is 1.97. The quantitative estimate of drug-likeness (QED) is 0.894. The Morgan fingerprint density at radius 3 is 2.47 bits per heavy atom. The van der Waals surface area contributed by atoms with Gasteiger partial charge in [-0.05, 0) is 32.4 Å². The minimum absolute atomic E-state index is 0.697. The van der Waals surface area contributed by atoms with E-state index < -0.39 is 0 Å². The Balaban J connectivity index is 2.14. The van der Waals surface area contributed by atoms with E-state index in [-0.39, 0.29) is 0 Å². The van der Waals surface area contributed by atoms with E-state index in [1.54, 1.807) is 0 Å². The number of nitrogens with one attached hydrogen (secondary N) is 1. The van der Waals surface area contributed by atoms with Gasteiger partial charge in [0.05, 0.1) is 23.0 Å². The zero-order chi connectivity index (χ0) is 13.8. The van der Waals surface area contributed by atoms with E-state index in [2.05, 4.69) is 55.5 Å². The zero-order valence-corrected chi connectivity index (χ0v) is 12.5. The fraction of sp³-hybridized carbons (Fsp3) is 0.400. The number of hydrogen-bond donors (Lipinski definition) is 1. The van der Waals surface area contributed by atoms with Crippen LogP contribution in [0.5, 0.6) is 0 Å². The molecule has 0 fully saturated rings. The summed E-state index contributed by atoms with van der Waals surface area (Å²) in [6.07, 6.45) is 0.864. The summed E-state index contributed by atoms with van der Waals surface area (Å²) >= 11 is 6.38. The summed E-state index contributed by atoms with van der Waals surface area (Å²) in [7, 11) is 0. The third kappa shape index (κ3) is 3.10. The van der Waals surface area contributed by atoms with E-state index >= 15 is 0 Å². The molecule has 1 heterocycles. The number of benzene rings is 1. The molecule has 4 heteroatoms. The summed E-state index contributed by atoms with van der Waals surface area (Å²) in [5.41, 5.74) is 4.39. The molecule has 0 aliphatic carbocycles. The number of aromatic nitrogens is 2. The van der Waals surface area contributed by atoms with E-state index in [0.29, 0.717) is 6.54 Å². The maximum absolute atomic E-state index is 6.38. The predicted octanol–water partition coefficient (Wildman–Crippen LogP) is 4.04. The van der Waals surface area contributed by atoms with Gasteiger partial charge in [0.15, 0.2) is 0 Å². The average Bonchev–Trinajstić information content (AvgIpc) is 2.74. The van der Waals surface area contributed by atoms with Crippen molar-refractivity contribution in [3.8, 4) is 0 Å². The Morgan fingerprint density at radius 2 is 1.89 bits per heavy atom. The molecule has 2 rings (SSSR count). The first-order valence-corrected chi connectivity index (χ1v) is 7.08. The van der Waals surface area contributed by atoms with Gasteiger partial charge in [0.1, 0.15) is 0 Å². The molecule has 0 bridgehead atoms. The summed E-state index contributed by atoms with van der Waals surface area (Å²) in [6, 6.07) is 8.35. The Morgan fingerprint density at radius 1 is 1.21 bits per heavy atom. The lowest BCUT2D eigenvalue weighted by Gasteiger charge is -2.09. The van der Waals surface area contributed by atoms with Gasteiger partial charge in [-0.1, -0.05) is 36.2 Å². The normalized spacial score (nSPS) is 10.7. The van der Waals surface area contributed by atoms with E-state index in [9.17, 15) is 0 Å². The van der Waals surface area contributed by atoms with Crippen LogP contribution < -0.4 is 5.32 Å². The molecule has 2 aromatic rings. The standard InChI is InChI=1S/C15H20ClN3/c1-4-13-15(16)14(19(5-2)18-13)10-17-12-8-6-11(3)7-9-12/h6-9,17H,4-5,10H2,1-3H3. The first-order chi connectivity index (χ1) is 9.15. The van der Waals surface area contributed by atoms with Gasteiger partial charge in [-0.25, -0.2) is 0 Å². The largest absolute Gasteiger partial charge is 0.379 e. The highest BCUT2D eigenvalue weighted by molar-refractivity contribution is 6.31. The number of hydrogen-bond acceptors (Lipinski definition) is 2. The fourth-order valence-corrected chi connectivity index (χ4v) is 2.38. The molecule has 0 radical (unpaired) electrons. The first kappa shape index (κ1) is 13.9. The van der Waals surface area contributed by atoms with Crippen LogP contribution in [0.2, 0.25) is 5.02 Å². The molecule has 0 atom stereocenters. The van der Waals surface area contributed by atoms with Gasteiger partial charge in [-0.2, -0.15) is 5.10 Å². The van der Waals surface area contributed by atoms with Gasteiger partial charge in [0, 0.05) is 12.2 Å². The van der Waals surface area contributed by atoms with Crippen molar-refractivity contribution in [2.75, 3.05) is 5.32 Å². The number of aryl methyl sites for hydroxylation is 3. The lowest BCUT2D eigenvalue weighted by molar-refractivity contribution is 0.619. The van der Waals surface area contributed by atoms with Crippen LogP contribution in [-0.4, -0.2) is 9.78 Å². The van der Waals surface area contributed by atoms with Crippen molar-refractivity contribution in [3.63, 3.8) is 0 Å². The maximum Gasteiger partial charge on any atom is 0.0868 e. The molecule has 0 amide bonds. The summed E-state index contributed by atoms with van der Waals surface area (Å²) in [5.74, 6) is 0. The third-order valence-corrected chi connectivity index (χ3v) is 3.64. The molecule has 0 saturated carbocycles. The van der Waals surface area contributed by atoms with Gasteiger partial charge in [0.2, 0.25) is 0 Å². The third-order valence-electron chi connectivity index (χ3n) is 3.21. The molecule has 1 aromatic heterocycles. The van der Waals surface area contributed by atoms with Gasteiger partial charge in [0.25, 0.3) is 0 Å². The summed E-state index contributed by atoms with van der Waals surface area (Å²) in [4.78, 5) is 0. The molecule has 19 heavy (non-hydrogen) atoms. The van der Waals surface area contributed by atoms with Gasteiger partial charge >= 0.3 is 0 Å². The summed E-state index contributed by atoms with van der Waals surface area (Å²) in [6.45, 7) is 7.78. The monoisotopic (exact) mass is 277 g/mol. The van der Waals surface area contributed by atoms with Crippen molar-refractivity contribution < 1.29 is 0 Å². The van der Waals surface area contributed by atoms with Crippen molar-refractivity contribution in [1.82, 2.24) is 9.78 Å². The summed E-state index contributed by atoms with van der Waals surface area (Å²) in [5, 5.41) is 8.71. The highest BCUT2D eigenvalue weighted by Gasteiger charge is 2.13. The van der Waals surface area contributed by atoms with Crippen LogP contribution in [0.25, 0.3) is 0 Å². The van der Waals surface area contributed by atoms with E-state index in [1.807, 2.05) is 4.68 Å². The molecule has 0 aliphatic rings. The van der Waals surface area contributed by atoms with Crippen molar-refractivity contribution in [3.05, 3.63) is 46.2 Å². The molecule has 0 spiro atoms.